The van der Waals surface area contributed by atoms with E-state index in [9.17, 15) is 9.67 Å². The van der Waals surface area contributed by atoms with E-state index in [2.05, 4.69) is 0 Å². The summed E-state index contributed by atoms with van der Waals surface area (Å²) in [6, 6.07) is 9.23. The van der Waals surface area contributed by atoms with Gasteiger partial charge in [-0.25, -0.2) is 0 Å². The molecular formula is C10H16NO4P. The van der Waals surface area contributed by atoms with Crippen molar-refractivity contribution in [2.24, 2.45) is 0 Å². The maximum Gasteiger partial charge on any atom is 0.339 e. The second-order valence-corrected chi connectivity index (χ2v) is 5.28. The zero-order chi connectivity index (χ0) is 12.2. The average molecular weight is 245 g/mol. The fraction of sp³-hybridized carbons (Fsp3) is 0.400. The van der Waals surface area contributed by atoms with Crippen LogP contribution in [-0.4, -0.2) is 32.3 Å². The van der Waals surface area contributed by atoms with Crippen LogP contribution in [0.25, 0.3) is 0 Å². The fourth-order valence-corrected chi connectivity index (χ4v) is 2.16. The molecule has 0 aliphatic rings. The summed E-state index contributed by atoms with van der Waals surface area (Å²) in [5, 5.41) is 9.42. The highest BCUT2D eigenvalue weighted by Gasteiger charge is 2.22. The van der Waals surface area contributed by atoms with E-state index >= 15 is 0 Å². The van der Waals surface area contributed by atoms with Crippen molar-refractivity contribution in [1.82, 2.24) is 4.90 Å². The van der Waals surface area contributed by atoms with Crippen LogP contribution >= 0.6 is 7.60 Å². The Kier molecular flexibility index (Phi) is 4.65. The molecule has 0 spiro atoms. The highest BCUT2D eigenvalue weighted by atomic mass is 31.2. The van der Waals surface area contributed by atoms with Crippen LogP contribution in [0, 0.1) is 0 Å². The van der Waals surface area contributed by atoms with Crippen LogP contribution in [0.1, 0.15) is 12.5 Å². The second kappa shape index (κ2) is 5.57. The first kappa shape index (κ1) is 13.4. The van der Waals surface area contributed by atoms with Crippen LogP contribution in [0.3, 0.4) is 0 Å². The van der Waals surface area contributed by atoms with E-state index in [-0.39, 0.29) is 0 Å². The molecule has 3 N–H and O–H groups in total. The molecule has 1 rings (SSSR count). The maximum absolute atomic E-state index is 10.9. The molecule has 0 aliphatic heterocycles. The normalized spacial score (nSPS) is 14.1. The van der Waals surface area contributed by atoms with Gasteiger partial charge in [-0.1, -0.05) is 30.3 Å². The van der Waals surface area contributed by atoms with E-state index in [4.69, 9.17) is 9.79 Å². The summed E-state index contributed by atoms with van der Waals surface area (Å²) in [6.07, 6.45) is -1.34. The zero-order valence-electron chi connectivity index (χ0n) is 9.02. The zero-order valence-corrected chi connectivity index (χ0v) is 9.92. The second-order valence-electron chi connectivity index (χ2n) is 3.67. The van der Waals surface area contributed by atoms with Gasteiger partial charge in [0.1, 0.15) is 12.5 Å². The number of nitrogens with zero attached hydrogens (tertiary/aromatic N) is 1. The van der Waals surface area contributed by atoms with Crippen molar-refractivity contribution in [3.63, 3.8) is 0 Å². The summed E-state index contributed by atoms with van der Waals surface area (Å²) < 4.78 is 10.9. The molecule has 6 heteroatoms. The van der Waals surface area contributed by atoms with E-state index in [0.717, 1.165) is 5.56 Å². The maximum atomic E-state index is 10.9. The van der Waals surface area contributed by atoms with Crippen LogP contribution < -0.4 is 0 Å². The third kappa shape index (κ3) is 4.88. The number of aliphatic hydroxyl groups is 1. The van der Waals surface area contributed by atoms with Crippen LogP contribution in [0.5, 0.6) is 0 Å². The van der Waals surface area contributed by atoms with Crippen molar-refractivity contribution >= 4 is 7.60 Å². The molecule has 0 aromatic heterocycles. The van der Waals surface area contributed by atoms with Gasteiger partial charge in [-0.3, -0.25) is 9.46 Å². The van der Waals surface area contributed by atoms with E-state index < -0.39 is 20.1 Å². The molecule has 1 atom stereocenters. The van der Waals surface area contributed by atoms with Crippen molar-refractivity contribution in [2.75, 3.05) is 6.29 Å². The Bertz CT molecular complexity index is 362. The lowest BCUT2D eigenvalue weighted by molar-refractivity contribution is 0.0223. The van der Waals surface area contributed by atoms with Gasteiger partial charge in [0.25, 0.3) is 0 Å². The summed E-state index contributed by atoms with van der Waals surface area (Å²) in [5.41, 5.74) is 0.900. The van der Waals surface area contributed by atoms with Crippen LogP contribution in [-0.2, 0) is 11.1 Å². The van der Waals surface area contributed by atoms with E-state index in [1.165, 1.54) is 11.8 Å². The number of hydrogen-bond donors (Lipinski definition) is 3. The molecular weight excluding hydrogens is 229 g/mol. The van der Waals surface area contributed by atoms with Crippen LogP contribution in [0.15, 0.2) is 30.3 Å². The molecule has 0 aliphatic carbocycles. The van der Waals surface area contributed by atoms with E-state index in [0.29, 0.717) is 6.54 Å². The molecule has 0 radical (unpaired) electrons. The highest BCUT2D eigenvalue weighted by molar-refractivity contribution is 7.51. The predicted molar refractivity (Wildman–Crippen MR) is 60.6 cm³/mol. The Hall–Kier alpha value is -0.710. The lowest BCUT2D eigenvalue weighted by Crippen LogP contribution is -2.33. The van der Waals surface area contributed by atoms with Crippen molar-refractivity contribution in [1.29, 1.82) is 0 Å². The summed E-state index contributed by atoms with van der Waals surface area (Å²) in [5.74, 6) is 0. The van der Waals surface area contributed by atoms with Gasteiger partial charge >= 0.3 is 7.60 Å². The number of hydrogen-bond acceptors (Lipinski definition) is 3. The third-order valence-corrected chi connectivity index (χ3v) is 2.85. The van der Waals surface area contributed by atoms with Gasteiger partial charge in [0, 0.05) is 6.54 Å². The van der Waals surface area contributed by atoms with Crippen molar-refractivity contribution in [3.05, 3.63) is 35.9 Å². The van der Waals surface area contributed by atoms with Crippen molar-refractivity contribution < 1.29 is 19.5 Å². The van der Waals surface area contributed by atoms with Gasteiger partial charge in [-0.15, -0.1) is 0 Å². The topological polar surface area (TPSA) is 81.0 Å². The molecule has 90 valence electrons. The average Bonchev–Trinajstić information content (AvgIpc) is 2.16. The highest BCUT2D eigenvalue weighted by Crippen LogP contribution is 2.36. The lowest BCUT2D eigenvalue weighted by Gasteiger charge is -2.25. The van der Waals surface area contributed by atoms with Gasteiger partial charge in [0.15, 0.2) is 0 Å². The monoisotopic (exact) mass is 245 g/mol. The van der Waals surface area contributed by atoms with Gasteiger partial charge < -0.3 is 14.9 Å². The number of aliphatic hydroxyl groups excluding tert-OH is 1. The largest absolute Gasteiger partial charge is 0.379 e. The minimum absolute atomic E-state index is 0.309. The smallest absolute Gasteiger partial charge is 0.339 e. The molecule has 0 saturated heterocycles. The summed E-state index contributed by atoms with van der Waals surface area (Å²) in [4.78, 5) is 19.1. The first-order chi connectivity index (χ1) is 7.38. The predicted octanol–water partition coefficient (Wildman–Crippen LogP) is 0.962. The summed E-state index contributed by atoms with van der Waals surface area (Å²) in [7, 11) is -4.15. The molecule has 16 heavy (non-hydrogen) atoms. The molecule has 0 fully saturated rings. The standard InChI is InChI=1S/C10H16NO4P/c1-9(12)11(8-16(13,14)15)7-10-5-3-2-4-6-10/h2-6,9,12H,7-8H2,1H3,(H2,13,14,15). The Morgan fingerprint density at radius 2 is 1.88 bits per heavy atom. The molecule has 0 saturated carbocycles. The fourth-order valence-electron chi connectivity index (χ4n) is 1.35. The molecule has 0 heterocycles. The van der Waals surface area contributed by atoms with E-state index in [1.54, 1.807) is 0 Å². The Labute approximate surface area is 94.5 Å². The molecule has 1 aromatic carbocycles. The number of rotatable bonds is 5. The first-order valence-corrected chi connectivity index (χ1v) is 6.69. The van der Waals surface area contributed by atoms with Gasteiger partial charge in [0.2, 0.25) is 0 Å². The van der Waals surface area contributed by atoms with Gasteiger partial charge in [-0.05, 0) is 12.5 Å². The molecule has 1 unspecified atom stereocenters. The molecule has 0 bridgehead atoms. The SMILES string of the molecule is CC(O)N(Cc1ccccc1)CP(=O)(O)O. The van der Waals surface area contributed by atoms with Crippen molar-refractivity contribution in [3.8, 4) is 0 Å². The first-order valence-electron chi connectivity index (χ1n) is 4.89. The summed E-state index contributed by atoms with van der Waals surface area (Å²) in [6.45, 7) is 1.79. The van der Waals surface area contributed by atoms with E-state index in [1.807, 2.05) is 30.3 Å². The minimum Gasteiger partial charge on any atom is -0.379 e. The quantitative estimate of drug-likeness (QED) is 0.532. The Balaban J connectivity index is 2.69. The Morgan fingerprint density at radius 3 is 2.31 bits per heavy atom. The molecule has 5 nitrogen and oxygen atoms in total. The van der Waals surface area contributed by atoms with Crippen LogP contribution in [0.4, 0.5) is 0 Å². The summed E-state index contributed by atoms with van der Waals surface area (Å²) >= 11 is 0. The van der Waals surface area contributed by atoms with Crippen molar-refractivity contribution in [2.45, 2.75) is 19.7 Å². The lowest BCUT2D eigenvalue weighted by atomic mass is 10.2. The third-order valence-electron chi connectivity index (χ3n) is 2.12. The van der Waals surface area contributed by atoms with Gasteiger partial charge in [-0.2, -0.15) is 0 Å². The van der Waals surface area contributed by atoms with Crippen LogP contribution in [0.2, 0.25) is 0 Å². The molecule has 1 aromatic rings. The Morgan fingerprint density at radius 1 is 1.31 bits per heavy atom. The van der Waals surface area contributed by atoms with Gasteiger partial charge in [0.05, 0.1) is 0 Å². The number of benzene rings is 1. The minimum atomic E-state index is -4.15. The molecule has 0 amide bonds.